The first-order valence-corrected chi connectivity index (χ1v) is 11.9. The van der Waals surface area contributed by atoms with Gasteiger partial charge in [-0.1, -0.05) is 22.9 Å². The first-order chi connectivity index (χ1) is 16.1. The van der Waals surface area contributed by atoms with Crippen LogP contribution in [-0.2, 0) is 4.79 Å². The minimum absolute atomic E-state index is 0.0803. The largest absolute Gasteiger partial charge is 0.490 e. The summed E-state index contributed by atoms with van der Waals surface area (Å²) in [5.74, 6) is 0.00226. The van der Waals surface area contributed by atoms with Gasteiger partial charge < -0.3 is 20.9 Å². The Morgan fingerprint density at radius 1 is 1.24 bits per heavy atom. The lowest BCUT2D eigenvalue weighted by Gasteiger charge is -2.10. The van der Waals surface area contributed by atoms with Crippen LogP contribution < -0.4 is 15.8 Å². The van der Waals surface area contributed by atoms with E-state index < -0.39 is 5.82 Å². The van der Waals surface area contributed by atoms with Gasteiger partial charge in [0.1, 0.15) is 15.8 Å². The predicted molar refractivity (Wildman–Crippen MR) is 134 cm³/mol. The summed E-state index contributed by atoms with van der Waals surface area (Å²) in [5, 5.41) is 22.1. The number of carbonyl (C=O) groups excluding carboxylic acids is 1. The third kappa shape index (κ3) is 8.51. The van der Waals surface area contributed by atoms with Crippen LogP contribution in [0.15, 0.2) is 24.3 Å². The third-order valence-electron chi connectivity index (χ3n) is 4.12. The van der Waals surface area contributed by atoms with E-state index in [1.165, 1.54) is 30.4 Å². The number of aromatic nitrogens is 3. The molecule has 0 saturated heterocycles. The van der Waals surface area contributed by atoms with Crippen LogP contribution in [0.25, 0.3) is 21.1 Å². The summed E-state index contributed by atoms with van der Waals surface area (Å²) in [6, 6.07) is 6.87. The van der Waals surface area contributed by atoms with Crippen molar-refractivity contribution >= 4 is 34.7 Å². The van der Waals surface area contributed by atoms with Crippen molar-refractivity contribution in [2.24, 2.45) is 5.73 Å². The molecule has 34 heavy (non-hydrogen) atoms. The van der Waals surface area contributed by atoms with Gasteiger partial charge in [0.2, 0.25) is 5.91 Å². The van der Waals surface area contributed by atoms with E-state index in [1.54, 1.807) is 0 Å². The Labute approximate surface area is 207 Å². The number of anilines is 1. The van der Waals surface area contributed by atoms with E-state index in [0.717, 1.165) is 17.1 Å². The molecule has 2 heterocycles. The predicted octanol–water partition coefficient (Wildman–Crippen LogP) is 4.83. The number of carbonyl (C=O) groups is 1. The highest BCUT2D eigenvalue weighted by atomic mass is 35.5. The summed E-state index contributed by atoms with van der Waals surface area (Å²) in [7, 11) is 0. The van der Waals surface area contributed by atoms with Gasteiger partial charge in [-0.15, -0.1) is 10.2 Å². The van der Waals surface area contributed by atoms with Gasteiger partial charge >= 0.3 is 0 Å². The van der Waals surface area contributed by atoms with Gasteiger partial charge in [-0.25, -0.2) is 9.37 Å². The van der Waals surface area contributed by atoms with Gasteiger partial charge in [0.05, 0.1) is 11.6 Å². The monoisotopic (exact) mass is 509 g/mol. The number of benzene rings is 1. The summed E-state index contributed by atoms with van der Waals surface area (Å²) >= 11 is 7.70. The lowest BCUT2D eigenvalue weighted by Crippen LogP contribution is -2.11. The van der Waals surface area contributed by atoms with Crippen LogP contribution in [0, 0.1) is 12.7 Å². The van der Waals surface area contributed by atoms with Crippen LogP contribution in [0.3, 0.4) is 0 Å². The second-order valence-electron chi connectivity index (χ2n) is 7.75. The molecule has 2 aromatic heterocycles. The number of halogens is 2. The number of hydrogen-bond acceptors (Lipinski definition) is 8. The number of aliphatic hydroxyl groups is 1. The van der Waals surface area contributed by atoms with E-state index in [9.17, 15) is 9.18 Å². The number of nitrogens with zero attached hydrogens (tertiary/aromatic N) is 3. The van der Waals surface area contributed by atoms with Crippen molar-refractivity contribution in [1.29, 1.82) is 0 Å². The molecule has 8 nitrogen and oxygen atoms in total. The zero-order valence-corrected chi connectivity index (χ0v) is 21.1. The number of pyridine rings is 1. The first kappa shape index (κ1) is 27.4. The first-order valence-electron chi connectivity index (χ1n) is 10.7. The number of ether oxygens (including phenoxy) is 1. The minimum Gasteiger partial charge on any atom is -0.490 e. The van der Waals surface area contributed by atoms with Crippen LogP contribution >= 0.6 is 22.9 Å². The SMILES string of the molecule is CC(N)=O.Cc1cc(-c2nnc(-c3cc(F)c(OCCCCO)cc3Cl)s2)cc(NC(C)C)n1. The Bertz CT molecular complexity index is 1110. The highest BCUT2D eigenvalue weighted by Gasteiger charge is 2.17. The number of primary amides is 1. The van der Waals surface area contributed by atoms with Gasteiger partial charge in [0.15, 0.2) is 11.6 Å². The Morgan fingerprint density at radius 3 is 2.56 bits per heavy atom. The molecule has 0 aliphatic heterocycles. The molecule has 11 heteroatoms. The van der Waals surface area contributed by atoms with Crippen molar-refractivity contribution < 1.29 is 19.0 Å². The van der Waals surface area contributed by atoms with Gasteiger partial charge in [-0.2, -0.15) is 0 Å². The summed E-state index contributed by atoms with van der Waals surface area (Å²) in [6.45, 7) is 7.70. The number of amides is 1. The number of nitrogens with two attached hydrogens (primary N) is 1. The molecule has 3 rings (SSSR count). The van der Waals surface area contributed by atoms with Gasteiger partial charge in [0.25, 0.3) is 0 Å². The Kier molecular flexibility index (Phi) is 10.6. The van der Waals surface area contributed by atoms with E-state index >= 15 is 0 Å². The molecule has 184 valence electrons. The molecule has 0 fully saturated rings. The van der Waals surface area contributed by atoms with Gasteiger partial charge in [-0.3, -0.25) is 4.79 Å². The van der Waals surface area contributed by atoms with Crippen LogP contribution in [-0.4, -0.2) is 45.5 Å². The second-order valence-corrected chi connectivity index (χ2v) is 9.13. The maximum absolute atomic E-state index is 14.5. The number of hydrogen-bond donors (Lipinski definition) is 3. The zero-order chi connectivity index (χ0) is 25.3. The molecular formula is C23H29ClFN5O3S. The van der Waals surface area contributed by atoms with Crippen molar-refractivity contribution in [3.05, 3.63) is 40.8 Å². The third-order valence-corrected chi connectivity index (χ3v) is 5.44. The van der Waals surface area contributed by atoms with Crippen LogP contribution in [0.2, 0.25) is 5.02 Å². The minimum atomic E-state index is -0.515. The van der Waals surface area contributed by atoms with E-state index in [2.05, 4.69) is 26.2 Å². The van der Waals surface area contributed by atoms with E-state index in [0.29, 0.717) is 40.0 Å². The van der Waals surface area contributed by atoms with E-state index in [1.807, 2.05) is 32.9 Å². The number of unbranched alkanes of at least 4 members (excludes halogenated alkanes) is 1. The molecule has 0 radical (unpaired) electrons. The zero-order valence-electron chi connectivity index (χ0n) is 19.6. The van der Waals surface area contributed by atoms with Crippen molar-refractivity contribution in [1.82, 2.24) is 15.2 Å². The van der Waals surface area contributed by atoms with Crippen molar-refractivity contribution in [3.8, 4) is 26.9 Å². The maximum atomic E-state index is 14.5. The molecule has 0 saturated carbocycles. The fourth-order valence-corrected chi connectivity index (χ4v) is 3.97. The average molecular weight is 510 g/mol. The molecular weight excluding hydrogens is 481 g/mol. The molecule has 0 aliphatic rings. The second kappa shape index (κ2) is 13.2. The quantitative estimate of drug-likeness (QED) is 0.353. The van der Waals surface area contributed by atoms with Crippen molar-refractivity contribution in [3.63, 3.8) is 0 Å². The highest BCUT2D eigenvalue weighted by molar-refractivity contribution is 7.18. The lowest BCUT2D eigenvalue weighted by molar-refractivity contribution is -0.115. The summed E-state index contributed by atoms with van der Waals surface area (Å²) in [4.78, 5) is 13.7. The molecule has 0 atom stereocenters. The standard InChI is InChI=1S/C21H24ClFN4O2S.C2H5NO/c1-12(2)24-19-9-14(8-13(3)25-19)20-26-27-21(30-20)15-10-17(23)18(11-16(15)22)29-7-5-4-6-28;1-2(3)4/h8-12,28H,4-7H2,1-3H3,(H,24,25);1H3,(H2,3,4). The number of nitrogens with one attached hydrogen (secondary N) is 1. The summed E-state index contributed by atoms with van der Waals surface area (Å²) in [5.41, 5.74) is 6.68. The molecule has 0 spiro atoms. The normalized spacial score (nSPS) is 10.6. The number of aryl methyl sites for hydroxylation is 1. The van der Waals surface area contributed by atoms with Crippen molar-refractivity contribution in [2.75, 3.05) is 18.5 Å². The lowest BCUT2D eigenvalue weighted by atomic mass is 10.2. The average Bonchev–Trinajstić information content (AvgIpc) is 3.22. The van der Waals surface area contributed by atoms with E-state index in [-0.39, 0.29) is 24.3 Å². The molecule has 1 aromatic carbocycles. The van der Waals surface area contributed by atoms with E-state index in [4.69, 9.17) is 21.4 Å². The molecule has 0 aliphatic carbocycles. The summed E-state index contributed by atoms with van der Waals surface area (Å²) < 4.78 is 19.9. The Hall–Kier alpha value is -2.82. The fourth-order valence-electron chi connectivity index (χ4n) is 2.81. The summed E-state index contributed by atoms with van der Waals surface area (Å²) in [6.07, 6.45) is 1.23. The number of rotatable bonds is 9. The van der Waals surface area contributed by atoms with Gasteiger partial charge in [-0.05, 0) is 51.8 Å². The van der Waals surface area contributed by atoms with Crippen LogP contribution in [0.1, 0.15) is 39.3 Å². The number of aliphatic hydroxyl groups excluding tert-OH is 1. The molecule has 3 aromatic rings. The topological polar surface area (TPSA) is 123 Å². The molecule has 4 N–H and O–H groups in total. The van der Waals surface area contributed by atoms with Gasteiger partial charge in [0, 0.05) is 42.5 Å². The molecule has 0 bridgehead atoms. The Balaban J connectivity index is 0.000000945. The van der Waals surface area contributed by atoms with Crippen molar-refractivity contribution in [2.45, 2.75) is 46.6 Å². The highest BCUT2D eigenvalue weighted by Crippen LogP contribution is 2.37. The Morgan fingerprint density at radius 2 is 1.91 bits per heavy atom. The maximum Gasteiger partial charge on any atom is 0.214 e. The molecule has 1 amide bonds. The molecule has 0 unspecified atom stereocenters. The fraction of sp³-hybridized carbons (Fsp3) is 0.391. The van der Waals surface area contributed by atoms with Crippen LogP contribution in [0.5, 0.6) is 5.75 Å². The smallest absolute Gasteiger partial charge is 0.214 e. The van der Waals surface area contributed by atoms with Crippen LogP contribution in [0.4, 0.5) is 10.2 Å².